The molecule has 0 fully saturated rings. The first kappa shape index (κ1) is 22.2. The highest BCUT2D eigenvalue weighted by Crippen LogP contribution is 2.51. The molecule has 1 amide bonds. The predicted molar refractivity (Wildman–Crippen MR) is 114 cm³/mol. The van der Waals surface area contributed by atoms with Crippen molar-refractivity contribution in [2.45, 2.75) is 37.5 Å². The van der Waals surface area contributed by atoms with E-state index in [1.165, 1.54) is 49.6 Å². The number of anilines is 1. The molecule has 2 N–H and O–H groups in total. The van der Waals surface area contributed by atoms with Crippen molar-refractivity contribution in [2.24, 2.45) is 0 Å². The van der Waals surface area contributed by atoms with Gasteiger partial charge in [-0.05, 0) is 53.4 Å². The van der Waals surface area contributed by atoms with Crippen LogP contribution in [0.1, 0.15) is 42.4 Å². The molecule has 5 nitrogen and oxygen atoms in total. The molecule has 0 bridgehead atoms. The largest absolute Gasteiger partial charge is 0.422 e. The van der Waals surface area contributed by atoms with Gasteiger partial charge in [-0.1, -0.05) is 36.7 Å². The number of alkyl halides is 3. The van der Waals surface area contributed by atoms with Gasteiger partial charge in [0.25, 0.3) is 0 Å². The summed E-state index contributed by atoms with van der Waals surface area (Å²) in [5.74, 6) is -2.35. The van der Waals surface area contributed by atoms with Gasteiger partial charge in [0, 0.05) is 22.2 Å². The molecule has 166 valence electrons. The molecular weight excluding hydrogens is 443 g/mol. The van der Waals surface area contributed by atoms with Crippen LogP contribution in [0.15, 0.2) is 54.9 Å². The number of hydrogen-bond donors (Lipinski definition) is 2. The van der Waals surface area contributed by atoms with E-state index in [0.29, 0.717) is 22.4 Å². The van der Waals surface area contributed by atoms with E-state index in [1.54, 1.807) is 19.1 Å². The summed E-state index contributed by atoms with van der Waals surface area (Å²) in [5.41, 5.74) is -1.22. The molecule has 1 aliphatic heterocycles. The Morgan fingerprint density at radius 3 is 2.47 bits per heavy atom. The van der Waals surface area contributed by atoms with Gasteiger partial charge in [0.2, 0.25) is 5.91 Å². The molecule has 2 aromatic carbocycles. The summed E-state index contributed by atoms with van der Waals surface area (Å²) in [6.07, 6.45) is -1.99. The fourth-order valence-electron chi connectivity index (χ4n) is 4.06. The van der Waals surface area contributed by atoms with Crippen molar-refractivity contribution in [1.29, 1.82) is 0 Å². The van der Waals surface area contributed by atoms with Crippen molar-refractivity contribution in [1.82, 2.24) is 10.2 Å². The second-order valence-corrected chi connectivity index (χ2v) is 8.27. The minimum atomic E-state index is -5.00. The van der Waals surface area contributed by atoms with E-state index >= 15 is 0 Å². The third-order valence-corrected chi connectivity index (χ3v) is 6.38. The number of aliphatic hydroxyl groups is 1. The Morgan fingerprint density at radius 2 is 1.84 bits per heavy atom. The molecule has 32 heavy (non-hydrogen) atoms. The number of fused-ring (bicyclic) bond motifs is 1. The molecule has 0 saturated heterocycles. The molecule has 3 atom stereocenters. The maximum Gasteiger partial charge on any atom is 0.422 e. The summed E-state index contributed by atoms with van der Waals surface area (Å²) in [6.45, 7) is 2.88. The maximum atomic E-state index is 14.3. The van der Waals surface area contributed by atoms with Crippen LogP contribution in [0.25, 0.3) is 11.1 Å². The second-order valence-electron chi connectivity index (χ2n) is 7.87. The number of nitrogens with zero attached hydrogens (tertiary/aromatic N) is 2. The summed E-state index contributed by atoms with van der Waals surface area (Å²) in [7, 11) is 0. The van der Waals surface area contributed by atoms with Gasteiger partial charge in [-0.25, -0.2) is 0 Å². The molecule has 3 unspecified atom stereocenters. The molecule has 9 heteroatoms. The van der Waals surface area contributed by atoms with E-state index < -0.39 is 23.6 Å². The monoisotopic (exact) mass is 461 g/mol. The molecule has 1 aromatic heterocycles. The van der Waals surface area contributed by atoms with Crippen molar-refractivity contribution >= 4 is 23.2 Å². The van der Waals surface area contributed by atoms with Gasteiger partial charge in [0.05, 0.1) is 18.3 Å². The lowest BCUT2D eigenvalue weighted by Gasteiger charge is -2.37. The van der Waals surface area contributed by atoms with Crippen LogP contribution in [0.3, 0.4) is 0 Å². The van der Waals surface area contributed by atoms with E-state index in [4.69, 9.17) is 11.6 Å². The minimum Gasteiger partial charge on any atom is -0.376 e. The van der Waals surface area contributed by atoms with Crippen molar-refractivity contribution in [3.8, 4) is 11.1 Å². The van der Waals surface area contributed by atoms with E-state index in [1.807, 2.05) is 0 Å². The number of carbonyl (C=O) groups excluding carboxylic acids is 1. The fourth-order valence-corrected chi connectivity index (χ4v) is 4.40. The normalized spacial score (nSPS) is 18.6. The average molecular weight is 462 g/mol. The molecule has 0 radical (unpaired) electrons. The number of hydrogen-bond acceptors (Lipinski definition) is 4. The smallest absolute Gasteiger partial charge is 0.376 e. The first-order valence-corrected chi connectivity index (χ1v) is 10.2. The third-order valence-electron chi connectivity index (χ3n) is 6.05. The first-order valence-electron chi connectivity index (χ1n) is 9.85. The van der Waals surface area contributed by atoms with Gasteiger partial charge in [0.1, 0.15) is 0 Å². The Labute approximate surface area is 187 Å². The van der Waals surface area contributed by atoms with E-state index in [-0.39, 0.29) is 22.1 Å². The van der Waals surface area contributed by atoms with Crippen molar-refractivity contribution in [3.05, 3.63) is 76.6 Å². The van der Waals surface area contributed by atoms with Crippen molar-refractivity contribution in [2.75, 3.05) is 5.32 Å². The Kier molecular flexibility index (Phi) is 5.46. The lowest BCUT2D eigenvalue weighted by Crippen LogP contribution is -2.46. The lowest BCUT2D eigenvalue weighted by atomic mass is 9.76. The highest BCUT2D eigenvalue weighted by Gasteiger charge is 2.59. The topological polar surface area (TPSA) is 75.1 Å². The highest BCUT2D eigenvalue weighted by atomic mass is 35.5. The number of amides is 1. The highest BCUT2D eigenvalue weighted by molar-refractivity contribution is 6.31. The predicted octanol–water partition coefficient (Wildman–Crippen LogP) is 5.41. The van der Waals surface area contributed by atoms with Gasteiger partial charge in [-0.15, -0.1) is 0 Å². The van der Waals surface area contributed by atoms with Crippen LogP contribution in [0, 0.1) is 0 Å². The SMILES string of the molecule is CC1C(=O)Nc2ccc(C(O)(C(C)c3ccc(-c4ccnnc4)cc3Cl)C(F)(F)F)cc21. The maximum absolute atomic E-state index is 14.3. The zero-order chi connectivity index (χ0) is 23.3. The number of benzene rings is 2. The van der Waals surface area contributed by atoms with Crippen LogP contribution in [-0.4, -0.2) is 27.4 Å². The van der Waals surface area contributed by atoms with Crippen molar-refractivity contribution < 1.29 is 23.1 Å². The third kappa shape index (κ3) is 3.53. The zero-order valence-electron chi connectivity index (χ0n) is 17.1. The summed E-state index contributed by atoms with van der Waals surface area (Å²) < 4.78 is 43.0. The van der Waals surface area contributed by atoms with Crippen LogP contribution in [0.2, 0.25) is 5.02 Å². The molecule has 2 heterocycles. The first-order chi connectivity index (χ1) is 15.0. The number of aromatic nitrogens is 2. The molecule has 3 aromatic rings. The van der Waals surface area contributed by atoms with Crippen LogP contribution in [0.4, 0.5) is 18.9 Å². The van der Waals surface area contributed by atoms with Gasteiger partial charge in [-0.3, -0.25) is 4.79 Å². The lowest BCUT2D eigenvalue weighted by molar-refractivity contribution is -0.274. The molecule has 0 aliphatic carbocycles. The average Bonchev–Trinajstić information content (AvgIpc) is 3.05. The molecule has 1 aliphatic rings. The van der Waals surface area contributed by atoms with Gasteiger partial charge >= 0.3 is 6.18 Å². The van der Waals surface area contributed by atoms with Crippen molar-refractivity contribution in [3.63, 3.8) is 0 Å². The van der Waals surface area contributed by atoms with E-state index in [2.05, 4.69) is 15.5 Å². The van der Waals surface area contributed by atoms with Crippen LogP contribution < -0.4 is 5.32 Å². The number of carbonyl (C=O) groups is 1. The molecule has 0 spiro atoms. The Morgan fingerprint density at radius 1 is 1.09 bits per heavy atom. The fraction of sp³-hybridized carbons (Fsp3) is 0.261. The minimum absolute atomic E-state index is 0.0841. The van der Waals surface area contributed by atoms with Gasteiger partial charge < -0.3 is 10.4 Å². The van der Waals surface area contributed by atoms with Gasteiger partial charge in [0.15, 0.2) is 5.60 Å². The number of halogens is 4. The molecule has 4 rings (SSSR count). The molecular formula is C23H19ClF3N3O2. The van der Waals surface area contributed by atoms with Gasteiger partial charge in [-0.2, -0.15) is 23.4 Å². The Balaban J connectivity index is 1.79. The number of rotatable bonds is 4. The standard InChI is InChI=1S/C23H19ClF3N3O2/c1-12-18-10-16(4-6-20(18)30-21(12)31)22(32,23(25,26)27)13(2)17-5-3-14(9-19(17)24)15-7-8-28-29-11-15/h3-13,32H,1-2H3,(H,30,31). The van der Waals surface area contributed by atoms with Crippen LogP contribution in [-0.2, 0) is 10.4 Å². The Hall–Kier alpha value is -2.97. The van der Waals surface area contributed by atoms with Crippen LogP contribution in [0.5, 0.6) is 0 Å². The quantitative estimate of drug-likeness (QED) is 0.545. The Bertz CT molecular complexity index is 1190. The number of nitrogens with one attached hydrogen (secondary N) is 1. The second kappa shape index (κ2) is 7.86. The summed E-state index contributed by atoms with van der Waals surface area (Å²) in [4.78, 5) is 11.9. The summed E-state index contributed by atoms with van der Waals surface area (Å²) in [6, 6.07) is 10.2. The van der Waals surface area contributed by atoms with E-state index in [0.717, 1.165) is 0 Å². The zero-order valence-corrected chi connectivity index (χ0v) is 17.9. The summed E-state index contributed by atoms with van der Waals surface area (Å²) in [5, 5.41) is 21.3. The molecule has 0 saturated carbocycles. The van der Waals surface area contributed by atoms with Crippen LogP contribution >= 0.6 is 11.6 Å². The van der Waals surface area contributed by atoms with E-state index in [9.17, 15) is 23.1 Å². The summed E-state index contributed by atoms with van der Waals surface area (Å²) >= 11 is 6.38.